The molecule has 5 rings (SSSR count). The van der Waals surface area contributed by atoms with Crippen LogP contribution in [0.4, 0.5) is 17.1 Å². The highest BCUT2D eigenvalue weighted by molar-refractivity contribution is 7.92. The Morgan fingerprint density at radius 1 is 1.13 bits per heavy atom. The number of thiocarbonyl (C=S) groups is 1. The first kappa shape index (κ1) is 27.0. The van der Waals surface area contributed by atoms with Crippen LogP contribution in [0.15, 0.2) is 66.9 Å². The second kappa shape index (κ2) is 9.84. The fraction of sp³-hybridized carbons (Fsp3) is 0.310. The van der Waals surface area contributed by atoms with Gasteiger partial charge in [-0.05, 0) is 86.6 Å². The Hall–Kier alpha value is -3.63. The highest BCUT2D eigenvalue weighted by Crippen LogP contribution is 2.46. The topological polar surface area (TPSA) is 86.8 Å². The Kier molecular flexibility index (Phi) is 6.80. The van der Waals surface area contributed by atoms with E-state index in [9.17, 15) is 8.42 Å². The van der Waals surface area contributed by atoms with Crippen molar-refractivity contribution in [1.82, 2.24) is 10.3 Å². The summed E-state index contributed by atoms with van der Waals surface area (Å²) in [6.07, 6.45) is 5.18. The largest absolute Gasteiger partial charge is 0.495 e. The predicted octanol–water partition coefficient (Wildman–Crippen LogP) is 5.27. The summed E-state index contributed by atoms with van der Waals surface area (Å²) in [5.74, 6) is 0.417. The molecule has 2 atom stereocenters. The maximum Gasteiger partial charge on any atom is 0.229 e. The van der Waals surface area contributed by atoms with Crippen molar-refractivity contribution < 1.29 is 13.2 Å². The predicted molar refractivity (Wildman–Crippen MR) is 162 cm³/mol. The molecule has 0 spiro atoms. The van der Waals surface area contributed by atoms with E-state index in [0.717, 1.165) is 23.2 Å². The average molecular weight is 564 g/mol. The number of pyridine rings is 1. The van der Waals surface area contributed by atoms with E-state index in [1.165, 1.54) is 23.9 Å². The molecular weight excluding hydrogens is 530 g/mol. The van der Waals surface area contributed by atoms with Crippen LogP contribution < -0.4 is 24.6 Å². The van der Waals surface area contributed by atoms with Crippen molar-refractivity contribution in [2.24, 2.45) is 0 Å². The number of hydrogen-bond donors (Lipinski definition) is 2. The molecule has 2 aliphatic rings. The van der Waals surface area contributed by atoms with Crippen LogP contribution in [0, 0.1) is 0 Å². The Labute approximate surface area is 235 Å². The van der Waals surface area contributed by atoms with Gasteiger partial charge in [0.05, 0.1) is 42.4 Å². The minimum absolute atomic E-state index is 0.0935. The van der Waals surface area contributed by atoms with E-state index in [-0.39, 0.29) is 17.6 Å². The van der Waals surface area contributed by atoms with Gasteiger partial charge in [-0.1, -0.05) is 18.2 Å². The fourth-order valence-corrected chi connectivity index (χ4v) is 6.36. The zero-order chi connectivity index (χ0) is 28.1. The zero-order valence-corrected chi connectivity index (χ0v) is 24.5. The highest BCUT2D eigenvalue weighted by atomic mass is 32.2. The van der Waals surface area contributed by atoms with Crippen molar-refractivity contribution >= 4 is 50.0 Å². The molecule has 39 heavy (non-hydrogen) atoms. The quantitative estimate of drug-likeness (QED) is 0.393. The molecule has 1 aromatic heterocycles. The summed E-state index contributed by atoms with van der Waals surface area (Å²) in [6, 6.07) is 17.3. The standard InChI is InChI=1S/C29H33N5O3S2/c1-18-17-29(2,3)33(4)24-12-10-19(15-21(18)24)27-26(22-9-7-8-14-30-22)31-28(38)34(27)20-11-13-25(37-5)23(16-20)32-39(6,35)36/h7-17,26-27,32H,1-6H3,(H,31,38). The Balaban J connectivity index is 1.66. The van der Waals surface area contributed by atoms with Crippen LogP contribution in [0.25, 0.3) is 5.57 Å². The van der Waals surface area contributed by atoms with E-state index in [4.69, 9.17) is 17.0 Å². The molecule has 204 valence electrons. The van der Waals surface area contributed by atoms with Crippen LogP contribution in [0.1, 0.15) is 49.7 Å². The molecule has 2 aliphatic heterocycles. The Morgan fingerprint density at radius 2 is 1.90 bits per heavy atom. The van der Waals surface area contributed by atoms with E-state index in [2.05, 4.69) is 72.0 Å². The minimum Gasteiger partial charge on any atom is -0.495 e. The molecule has 2 N–H and O–H groups in total. The van der Waals surface area contributed by atoms with Crippen LogP contribution in [0.3, 0.4) is 0 Å². The van der Waals surface area contributed by atoms with Crippen LogP contribution in [0.5, 0.6) is 5.75 Å². The summed E-state index contributed by atoms with van der Waals surface area (Å²) in [7, 11) is 0.0890. The molecule has 8 nitrogen and oxygen atoms in total. The third kappa shape index (κ3) is 5.06. The van der Waals surface area contributed by atoms with Gasteiger partial charge >= 0.3 is 0 Å². The van der Waals surface area contributed by atoms with Gasteiger partial charge in [0.2, 0.25) is 10.0 Å². The van der Waals surface area contributed by atoms with Gasteiger partial charge in [-0.25, -0.2) is 8.42 Å². The zero-order valence-electron chi connectivity index (χ0n) is 22.9. The first-order chi connectivity index (χ1) is 18.4. The fourth-order valence-electron chi connectivity index (χ4n) is 5.46. The summed E-state index contributed by atoms with van der Waals surface area (Å²) in [5, 5.41) is 4.00. The number of rotatable bonds is 6. The van der Waals surface area contributed by atoms with E-state index in [0.29, 0.717) is 16.5 Å². The lowest BCUT2D eigenvalue weighted by Gasteiger charge is -2.41. The lowest BCUT2D eigenvalue weighted by atomic mass is 9.86. The summed E-state index contributed by atoms with van der Waals surface area (Å²) < 4.78 is 32.2. The number of hydrogen-bond acceptors (Lipinski definition) is 6. The number of ether oxygens (including phenoxy) is 1. The normalized spacial score (nSPS) is 20.3. The van der Waals surface area contributed by atoms with Crippen LogP contribution in [-0.2, 0) is 10.0 Å². The molecule has 0 bridgehead atoms. The lowest BCUT2D eigenvalue weighted by molar-refractivity contribution is 0.417. The number of fused-ring (bicyclic) bond motifs is 1. The van der Waals surface area contributed by atoms with E-state index < -0.39 is 10.0 Å². The molecule has 0 amide bonds. The SMILES string of the molecule is COc1ccc(N2C(=S)NC(c3ccccn3)C2c2ccc3c(c2)C(C)=CC(C)(C)N3C)cc1NS(C)(=O)=O. The van der Waals surface area contributed by atoms with Crippen molar-refractivity contribution in [3.63, 3.8) is 0 Å². The number of aromatic nitrogens is 1. The van der Waals surface area contributed by atoms with Gasteiger partial charge in [0.1, 0.15) is 5.75 Å². The molecule has 0 aliphatic carbocycles. The lowest BCUT2D eigenvalue weighted by Crippen LogP contribution is -2.42. The van der Waals surface area contributed by atoms with Gasteiger partial charge in [0.25, 0.3) is 0 Å². The number of anilines is 3. The minimum atomic E-state index is -3.53. The van der Waals surface area contributed by atoms with Crippen LogP contribution in [0.2, 0.25) is 0 Å². The molecule has 10 heteroatoms. The maximum atomic E-state index is 12.1. The van der Waals surface area contributed by atoms with Gasteiger partial charge in [-0.15, -0.1) is 0 Å². The van der Waals surface area contributed by atoms with Gasteiger partial charge in [0, 0.05) is 30.2 Å². The average Bonchev–Trinajstić information content (AvgIpc) is 3.23. The molecule has 3 aromatic rings. The van der Waals surface area contributed by atoms with Gasteiger partial charge in [-0.3, -0.25) is 9.71 Å². The maximum absolute atomic E-state index is 12.1. The molecule has 0 saturated carbocycles. The first-order valence-corrected chi connectivity index (χ1v) is 14.9. The number of likely N-dealkylation sites (N-methyl/N-ethyl adjacent to an activating group) is 1. The van der Waals surface area contributed by atoms with Crippen LogP contribution >= 0.6 is 12.2 Å². The van der Waals surface area contributed by atoms with Crippen molar-refractivity contribution in [2.45, 2.75) is 38.4 Å². The van der Waals surface area contributed by atoms with Crippen molar-refractivity contribution in [3.05, 3.63) is 83.7 Å². The third-order valence-electron chi connectivity index (χ3n) is 7.44. The van der Waals surface area contributed by atoms with Crippen molar-refractivity contribution in [1.29, 1.82) is 0 Å². The van der Waals surface area contributed by atoms with Crippen molar-refractivity contribution in [2.75, 3.05) is 34.9 Å². The molecule has 2 aromatic carbocycles. The molecular formula is C29H33N5O3S2. The number of benzene rings is 2. The monoisotopic (exact) mass is 563 g/mol. The van der Waals surface area contributed by atoms with Gasteiger partial charge in [0.15, 0.2) is 5.11 Å². The second-order valence-electron chi connectivity index (χ2n) is 10.6. The summed E-state index contributed by atoms with van der Waals surface area (Å²) >= 11 is 5.88. The third-order valence-corrected chi connectivity index (χ3v) is 8.34. The van der Waals surface area contributed by atoms with E-state index in [1.807, 2.05) is 29.2 Å². The number of methoxy groups -OCH3 is 1. The second-order valence-corrected chi connectivity index (χ2v) is 12.7. The molecule has 3 heterocycles. The smallest absolute Gasteiger partial charge is 0.229 e. The van der Waals surface area contributed by atoms with Crippen molar-refractivity contribution in [3.8, 4) is 5.75 Å². The molecule has 1 fully saturated rings. The first-order valence-electron chi connectivity index (χ1n) is 12.6. The molecule has 0 radical (unpaired) electrons. The number of nitrogens with zero attached hydrogens (tertiary/aromatic N) is 3. The van der Waals surface area contributed by atoms with E-state index >= 15 is 0 Å². The van der Waals surface area contributed by atoms with Crippen LogP contribution in [-0.4, -0.2) is 44.5 Å². The Bertz CT molecular complexity index is 1570. The number of nitrogens with one attached hydrogen (secondary N) is 2. The summed E-state index contributed by atoms with van der Waals surface area (Å²) in [6.45, 7) is 6.56. The molecule has 2 unspecified atom stereocenters. The summed E-state index contributed by atoms with van der Waals surface area (Å²) in [4.78, 5) is 8.96. The number of allylic oxidation sites excluding steroid dienone is 1. The van der Waals surface area contributed by atoms with Gasteiger partial charge in [-0.2, -0.15) is 0 Å². The number of sulfonamides is 1. The molecule has 1 saturated heterocycles. The Morgan fingerprint density at radius 3 is 2.56 bits per heavy atom. The van der Waals surface area contributed by atoms with Gasteiger partial charge < -0.3 is 19.9 Å². The van der Waals surface area contributed by atoms with E-state index in [1.54, 1.807) is 18.3 Å². The highest BCUT2D eigenvalue weighted by Gasteiger charge is 2.41. The summed E-state index contributed by atoms with van der Waals surface area (Å²) in [5.41, 5.74) is 6.45.